The molecule has 0 atom stereocenters. The number of nitrogens with one attached hydrogen (secondary N) is 2. The molecule has 2 N–H and O–H groups in total. The lowest BCUT2D eigenvalue weighted by Crippen LogP contribution is -2.41. The third-order valence-electron chi connectivity index (χ3n) is 3.72. The van der Waals surface area contributed by atoms with Crippen molar-refractivity contribution >= 4 is 5.96 Å². The molecule has 0 unspecified atom stereocenters. The molecule has 0 aliphatic heterocycles. The van der Waals surface area contributed by atoms with E-state index in [1.165, 1.54) is 18.4 Å². The summed E-state index contributed by atoms with van der Waals surface area (Å²) in [6.07, 6.45) is 3.75. The molecule has 0 amide bonds. The summed E-state index contributed by atoms with van der Waals surface area (Å²) in [7, 11) is 0. The molecule has 20 heavy (non-hydrogen) atoms. The Morgan fingerprint density at radius 1 is 1.25 bits per heavy atom. The van der Waals surface area contributed by atoms with E-state index in [2.05, 4.69) is 61.7 Å². The molecule has 0 radical (unpaired) electrons. The zero-order chi connectivity index (χ0) is 14.4. The lowest BCUT2D eigenvalue weighted by atomic mass is 9.97. The standard InChI is InChI=1S/C17H27N3/c1-4-18-16(20-14(2)3)19-13-17(10-11-17)12-15-8-6-5-7-9-15/h5-9,14H,4,10-13H2,1-3H3,(H2,18,19,20). The molecule has 1 aromatic rings. The third-order valence-corrected chi connectivity index (χ3v) is 3.72. The molecule has 0 bridgehead atoms. The maximum Gasteiger partial charge on any atom is 0.191 e. The molecule has 2 rings (SSSR count). The fraction of sp³-hybridized carbons (Fsp3) is 0.588. The van der Waals surface area contributed by atoms with Crippen molar-refractivity contribution in [3.8, 4) is 0 Å². The summed E-state index contributed by atoms with van der Waals surface area (Å²) in [5, 5.41) is 6.70. The van der Waals surface area contributed by atoms with Gasteiger partial charge in [-0.2, -0.15) is 0 Å². The number of hydrogen-bond acceptors (Lipinski definition) is 1. The van der Waals surface area contributed by atoms with Gasteiger partial charge in [0.25, 0.3) is 0 Å². The quantitative estimate of drug-likeness (QED) is 0.617. The van der Waals surface area contributed by atoms with E-state index < -0.39 is 0 Å². The first-order valence-electron chi connectivity index (χ1n) is 7.72. The Balaban J connectivity index is 1.93. The SMILES string of the molecule is CCNC(=NCC1(Cc2ccccc2)CC1)NC(C)C. The highest BCUT2D eigenvalue weighted by atomic mass is 15.2. The number of hydrogen-bond donors (Lipinski definition) is 2. The number of guanidine groups is 1. The molecule has 0 heterocycles. The fourth-order valence-corrected chi connectivity index (χ4v) is 2.44. The molecular formula is C17H27N3. The number of aliphatic imine (C=N–C) groups is 1. The Morgan fingerprint density at radius 3 is 2.50 bits per heavy atom. The van der Waals surface area contributed by atoms with Crippen LogP contribution in [0.1, 0.15) is 39.2 Å². The van der Waals surface area contributed by atoms with E-state index in [1.54, 1.807) is 0 Å². The van der Waals surface area contributed by atoms with Gasteiger partial charge in [0.1, 0.15) is 0 Å². The summed E-state index contributed by atoms with van der Waals surface area (Å²) in [5.74, 6) is 0.946. The monoisotopic (exact) mass is 273 g/mol. The predicted octanol–water partition coefficient (Wildman–Crippen LogP) is 2.97. The number of rotatable bonds is 6. The van der Waals surface area contributed by atoms with Crippen LogP contribution in [0.4, 0.5) is 0 Å². The van der Waals surface area contributed by atoms with Crippen LogP contribution < -0.4 is 10.6 Å². The summed E-state index contributed by atoms with van der Waals surface area (Å²) >= 11 is 0. The van der Waals surface area contributed by atoms with Crippen molar-refractivity contribution in [3.05, 3.63) is 35.9 Å². The van der Waals surface area contributed by atoms with Gasteiger partial charge in [-0.15, -0.1) is 0 Å². The highest BCUT2D eigenvalue weighted by Gasteiger charge is 2.42. The fourth-order valence-electron chi connectivity index (χ4n) is 2.44. The summed E-state index contributed by atoms with van der Waals surface area (Å²) in [6.45, 7) is 8.22. The molecule has 1 fully saturated rings. The Kier molecular flexibility index (Phi) is 5.05. The molecule has 3 heteroatoms. The minimum Gasteiger partial charge on any atom is -0.357 e. The Bertz CT molecular complexity index is 433. The van der Waals surface area contributed by atoms with Gasteiger partial charge >= 0.3 is 0 Å². The minimum absolute atomic E-state index is 0.403. The van der Waals surface area contributed by atoms with Crippen LogP contribution in [0.5, 0.6) is 0 Å². The molecule has 3 nitrogen and oxygen atoms in total. The Hall–Kier alpha value is -1.51. The normalized spacial score (nSPS) is 17.1. The van der Waals surface area contributed by atoms with Crippen molar-refractivity contribution in [1.29, 1.82) is 0 Å². The van der Waals surface area contributed by atoms with Crippen LogP contribution in [0.3, 0.4) is 0 Å². The maximum absolute atomic E-state index is 4.78. The largest absolute Gasteiger partial charge is 0.357 e. The van der Waals surface area contributed by atoms with Crippen molar-refractivity contribution in [2.24, 2.45) is 10.4 Å². The van der Waals surface area contributed by atoms with Gasteiger partial charge in [0.15, 0.2) is 5.96 Å². The highest BCUT2D eigenvalue weighted by Crippen LogP contribution is 2.48. The molecule has 0 spiro atoms. The van der Waals surface area contributed by atoms with Crippen molar-refractivity contribution in [2.45, 2.75) is 46.1 Å². The topological polar surface area (TPSA) is 36.4 Å². The van der Waals surface area contributed by atoms with Crippen molar-refractivity contribution in [1.82, 2.24) is 10.6 Å². The predicted molar refractivity (Wildman–Crippen MR) is 86.1 cm³/mol. The van der Waals surface area contributed by atoms with Gasteiger partial charge in [-0.25, -0.2) is 0 Å². The van der Waals surface area contributed by atoms with Gasteiger partial charge in [0.05, 0.1) is 0 Å². The van der Waals surface area contributed by atoms with Crippen molar-refractivity contribution in [2.75, 3.05) is 13.1 Å². The van der Waals surface area contributed by atoms with Crippen LogP contribution in [0.25, 0.3) is 0 Å². The molecule has 0 saturated heterocycles. The van der Waals surface area contributed by atoms with Gasteiger partial charge in [-0.3, -0.25) is 4.99 Å². The molecule has 1 aromatic carbocycles. The zero-order valence-electron chi connectivity index (χ0n) is 12.9. The van der Waals surface area contributed by atoms with Crippen molar-refractivity contribution < 1.29 is 0 Å². The van der Waals surface area contributed by atoms with Crippen LogP contribution >= 0.6 is 0 Å². The van der Waals surface area contributed by atoms with E-state index in [0.717, 1.165) is 25.5 Å². The maximum atomic E-state index is 4.78. The summed E-state index contributed by atoms with van der Waals surface area (Å²) < 4.78 is 0. The van der Waals surface area contributed by atoms with Crippen LogP contribution in [-0.2, 0) is 6.42 Å². The third kappa shape index (κ3) is 4.55. The summed E-state index contributed by atoms with van der Waals surface area (Å²) in [5.41, 5.74) is 1.84. The molecule has 1 aliphatic carbocycles. The lowest BCUT2D eigenvalue weighted by Gasteiger charge is -2.17. The molecular weight excluding hydrogens is 246 g/mol. The van der Waals surface area contributed by atoms with Crippen molar-refractivity contribution in [3.63, 3.8) is 0 Å². The highest BCUT2D eigenvalue weighted by molar-refractivity contribution is 5.80. The van der Waals surface area contributed by atoms with Gasteiger partial charge in [0, 0.05) is 19.1 Å². The molecule has 110 valence electrons. The molecule has 1 aliphatic rings. The molecule has 0 aromatic heterocycles. The smallest absolute Gasteiger partial charge is 0.191 e. The number of benzene rings is 1. The summed E-state index contributed by atoms with van der Waals surface area (Å²) in [6, 6.07) is 11.2. The van der Waals surface area contributed by atoms with Gasteiger partial charge in [-0.1, -0.05) is 30.3 Å². The van der Waals surface area contributed by atoms with E-state index in [0.29, 0.717) is 11.5 Å². The zero-order valence-corrected chi connectivity index (χ0v) is 12.9. The van der Waals surface area contributed by atoms with E-state index in [1.807, 2.05) is 0 Å². The van der Waals surface area contributed by atoms with E-state index in [-0.39, 0.29) is 0 Å². The van der Waals surface area contributed by atoms with Crippen LogP contribution in [-0.4, -0.2) is 25.1 Å². The first-order chi connectivity index (χ1) is 9.63. The van der Waals surface area contributed by atoms with E-state index >= 15 is 0 Å². The number of nitrogens with zero attached hydrogens (tertiary/aromatic N) is 1. The first kappa shape index (κ1) is 14.9. The average Bonchev–Trinajstić information content (AvgIpc) is 3.17. The summed E-state index contributed by atoms with van der Waals surface area (Å²) in [4.78, 5) is 4.78. The average molecular weight is 273 g/mol. The van der Waals surface area contributed by atoms with Crippen LogP contribution in [0, 0.1) is 5.41 Å². The van der Waals surface area contributed by atoms with Gasteiger partial charge in [0.2, 0.25) is 0 Å². The van der Waals surface area contributed by atoms with Gasteiger partial charge < -0.3 is 10.6 Å². The Morgan fingerprint density at radius 2 is 1.95 bits per heavy atom. The second-order valence-electron chi connectivity index (χ2n) is 6.16. The first-order valence-corrected chi connectivity index (χ1v) is 7.72. The van der Waals surface area contributed by atoms with E-state index in [9.17, 15) is 0 Å². The minimum atomic E-state index is 0.403. The van der Waals surface area contributed by atoms with Crippen LogP contribution in [0.15, 0.2) is 35.3 Å². The Labute approximate surface area is 122 Å². The molecule has 1 saturated carbocycles. The lowest BCUT2D eigenvalue weighted by molar-refractivity contribution is 0.518. The second-order valence-corrected chi connectivity index (χ2v) is 6.16. The van der Waals surface area contributed by atoms with Gasteiger partial charge in [-0.05, 0) is 51.0 Å². The van der Waals surface area contributed by atoms with Crippen LogP contribution in [0.2, 0.25) is 0 Å². The van der Waals surface area contributed by atoms with E-state index in [4.69, 9.17) is 4.99 Å². The second kappa shape index (κ2) is 6.78.